The Morgan fingerprint density at radius 2 is 1.90 bits per heavy atom. The lowest BCUT2D eigenvalue weighted by Crippen LogP contribution is -2.43. The third kappa shape index (κ3) is 3.75. The molecule has 1 saturated carbocycles. The summed E-state index contributed by atoms with van der Waals surface area (Å²) in [4.78, 5) is 0. The van der Waals surface area contributed by atoms with E-state index >= 15 is 0 Å². The van der Waals surface area contributed by atoms with E-state index in [1.54, 1.807) is 21.2 Å². The molecule has 21 heavy (non-hydrogen) atoms. The first-order chi connectivity index (χ1) is 9.95. The molecule has 5 nitrogen and oxygen atoms in total. The van der Waals surface area contributed by atoms with Crippen LogP contribution in [0.15, 0.2) is 24.3 Å². The third-order valence-corrected chi connectivity index (χ3v) is 6.08. The topological polar surface area (TPSA) is 49.9 Å². The second-order valence-corrected chi connectivity index (χ2v) is 7.66. The van der Waals surface area contributed by atoms with Gasteiger partial charge in [0.1, 0.15) is 5.75 Å². The standard InChI is InChI=1S/C15H24N2O3S/c1-16(12-13-7-6-10-15(11-13)20-3)21(18,19)17(2)14-8-4-5-9-14/h6-7,10-11,14H,4-5,8-9,12H2,1-3H3. The minimum atomic E-state index is -3.41. The molecule has 1 fully saturated rings. The summed E-state index contributed by atoms with van der Waals surface area (Å²) in [7, 11) is 1.50. The van der Waals surface area contributed by atoms with Crippen molar-refractivity contribution in [1.29, 1.82) is 0 Å². The summed E-state index contributed by atoms with van der Waals surface area (Å²) in [6.07, 6.45) is 4.15. The van der Waals surface area contributed by atoms with E-state index in [0.717, 1.165) is 37.0 Å². The van der Waals surface area contributed by atoms with Gasteiger partial charge in [-0.05, 0) is 30.5 Å². The van der Waals surface area contributed by atoms with E-state index < -0.39 is 10.2 Å². The second kappa shape index (κ2) is 6.77. The molecule has 0 saturated heterocycles. The average Bonchev–Trinajstić information content (AvgIpc) is 3.00. The van der Waals surface area contributed by atoms with Crippen LogP contribution in [0.1, 0.15) is 31.2 Å². The maximum atomic E-state index is 12.6. The molecule has 1 aliphatic carbocycles. The molecule has 0 heterocycles. The Morgan fingerprint density at radius 1 is 1.24 bits per heavy atom. The van der Waals surface area contributed by atoms with Gasteiger partial charge in [-0.1, -0.05) is 25.0 Å². The fraction of sp³-hybridized carbons (Fsp3) is 0.600. The van der Waals surface area contributed by atoms with Gasteiger partial charge in [-0.2, -0.15) is 17.0 Å². The average molecular weight is 312 g/mol. The number of methoxy groups -OCH3 is 1. The van der Waals surface area contributed by atoms with Crippen molar-refractivity contribution in [3.05, 3.63) is 29.8 Å². The molecule has 118 valence electrons. The van der Waals surface area contributed by atoms with Crippen molar-refractivity contribution in [2.24, 2.45) is 0 Å². The molecule has 0 spiro atoms. The van der Waals surface area contributed by atoms with E-state index in [4.69, 9.17) is 4.74 Å². The molecule has 0 atom stereocenters. The van der Waals surface area contributed by atoms with Gasteiger partial charge in [-0.3, -0.25) is 0 Å². The van der Waals surface area contributed by atoms with Gasteiger partial charge >= 0.3 is 0 Å². The van der Waals surface area contributed by atoms with E-state index in [0.29, 0.717) is 6.54 Å². The van der Waals surface area contributed by atoms with Crippen LogP contribution in [-0.2, 0) is 16.8 Å². The molecule has 0 radical (unpaired) electrons. The molecule has 6 heteroatoms. The van der Waals surface area contributed by atoms with Gasteiger partial charge in [-0.25, -0.2) is 0 Å². The quantitative estimate of drug-likeness (QED) is 0.809. The second-order valence-electron chi connectivity index (χ2n) is 5.57. The Labute approximate surface area is 127 Å². The Bertz CT molecular complexity index is 568. The Hall–Kier alpha value is -1.11. The van der Waals surface area contributed by atoms with Crippen LogP contribution >= 0.6 is 0 Å². The summed E-state index contributed by atoms with van der Waals surface area (Å²) in [6, 6.07) is 7.63. The highest BCUT2D eigenvalue weighted by Crippen LogP contribution is 2.26. The SMILES string of the molecule is COc1cccc(CN(C)S(=O)(=O)N(C)C2CCCC2)c1. The predicted molar refractivity (Wildman–Crippen MR) is 83.4 cm³/mol. The van der Waals surface area contributed by atoms with Crippen molar-refractivity contribution < 1.29 is 13.2 Å². The maximum Gasteiger partial charge on any atom is 0.282 e. The van der Waals surface area contributed by atoms with Crippen molar-refractivity contribution in [3.8, 4) is 5.75 Å². The summed E-state index contributed by atoms with van der Waals surface area (Å²) in [5.74, 6) is 0.738. The molecular weight excluding hydrogens is 288 g/mol. The Morgan fingerprint density at radius 3 is 2.52 bits per heavy atom. The van der Waals surface area contributed by atoms with E-state index in [-0.39, 0.29) is 6.04 Å². The highest BCUT2D eigenvalue weighted by Gasteiger charge is 2.31. The fourth-order valence-electron chi connectivity index (χ4n) is 2.79. The minimum Gasteiger partial charge on any atom is -0.497 e. The number of rotatable bonds is 6. The lowest BCUT2D eigenvalue weighted by molar-refractivity contribution is 0.331. The lowest BCUT2D eigenvalue weighted by atomic mass is 10.2. The number of nitrogens with zero attached hydrogens (tertiary/aromatic N) is 2. The molecular formula is C15H24N2O3S. The molecule has 0 aliphatic heterocycles. The van der Waals surface area contributed by atoms with Gasteiger partial charge in [0.15, 0.2) is 0 Å². The van der Waals surface area contributed by atoms with Crippen molar-refractivity contribution in [1.82, 2.24) is 8.61 Å². The smallest absolute Gasteiger partial charge is 0.282 e. The van der Waals surface area contributed by atoms with Crippen molar-refractivity contribution in [2.45, 2.75) is 38.3 Å². The van der Waals surface area contributed by atoms with Crippen molar-refractivity contribution in [3.63, 3.8) is 0 Å². The zero-order valence-corrected chi connectivity index (χ0v) is 13.8. The number of benzene rings is 1. The van der Waals surface area contributed by atoms with Crippen LogP contribution in [0.3, 0.4) is 0 Å². The zero-order chi connectivity index (χ0) is 15.5. The summed E-state index contributed by atoms with van der Waals surface area (Å²) < 4.78 is 33.3. The van der Waals surface area contributed by atoms with Gasteiger partial charge in [0.05, 0.1) is 7.11 Å². The highest BCUT2D eigenvalue weighted by atomic mass is 32.2. The van der Waals surface area contributed by atoms with Crippen LogP contribution in [0.4, 0.5) is 0 Å². The normalized spacial score (nSPS) is 16.8. The molecule has 1 aromatic carbocycles. The maximum absolute atomic E-state index is 12.6. The van der Waals surface area contributed by atoms with Crippen LogP contribution < -0.4 is 4.74 Å². The highest BCUT2D eigenvalue weighted by molar-refractivity contribution is 7.86. The van der Waals surface area contributed by atoms with Gasteiger partial charge in [0, 0.05) is 26.7 Å². The summed E-state index contributed by atoms with van der Waals surface area (Å²) >= 11 is 0. The van der Waals surface area contributed by atoms with Gasteiger partial charge in [-0.15, -0.1) is 0 Å². The third-order valence-electron chi connectivity index (χ3n) is 4.14. The Kier molecular flexibility index (Phi) is 5.24. The van der Waals surface area contributed by atoms with E-state index in [2.05, 4.69) is 0 Å². The molecule has 0 aromatic heterocycles. The molecule has 0 bridgehead atoms. The summed E-state index contributed by atoms with van der Waals surface area (Å²) in [5, 5.41) is 0. The first-order valence-electron chi connectivity index (χ1n) is 7.27. The van der Waals surface area contributed by atoms with E-state index in [1.165, 1.54) is 8.61 Å². The van der Waals surface area contributed by atoms with E-state index in [1.807, 2.05) is 24.3 Å². The zero-order valence-electron chi connectivity index (χ0n) is 12.9. The molecule has 0 N–H and O–H groups in total. The van der Waals surface area contributed by atoms with Crippen LogP contribution in [-0.4, -0.2) is 44.3 Å². The van der Waals surface area contributed by atoms with Crippen LogP contribution in [0.2, 0.25) is 0 Å². The number of ether oxygens (including phenoxy) is 1. The molecule has 2 rings (SSSR count). The molecule has 1 aromatic rings. The Balaban J connectivity index is 2.08. The van der Waals surface area contributed by atoms with Gasteiger partial charge < -0.3 is 4.74 Å². The first kappa shape index (κ1) is 16.3. The summed E-state index contributed by atoms with van der Waals surface area (Å²) in [5.41, 5.74) is 0.917. The van der Waals surface area contributed by atoms with Crippen molar-refractivity contribution >= 4 is 10.2 Å². The predicted octanol–water partition coefficient (Wildman–Crippen LogP) is 2.25. The van der Waals surface area contributed by atoms with Crippen molar-refractivity contribution in [2.75, 3.05) is 21.2 Å². The van der Waals surface area contributed by atoms with Gasteiger partial charge in [0.25, 0.3) is 10.2 Å². The van der Waals surface area contributed by atoms with Crippen LogP contribution in [0, 0.1) is 0 Å². The minimum absolute atomic E-state index is 0.141. The molecule has 1 aliphatic rings. The fourth-order valence-corrected chi connectivity index (χ4v) is 4.13. The number of hydrogen-bond acceptors (Lipinski definition) is 3. The molecule has 0 unspecified atom stereocenters. The van der Waals surface area contributed by atoms with Crippen LogP contribution in [0.25, 0.3) is 0 Å². The van der Waals surface area contributed by atoms with E-state index in [9.17, 15) is 8.42 Å². The lowest BCUT2D eigenvalue weighted by Gasteiger charge is -2.28. The van der Waals surface area contributed by atoms with Crippen LogP contribution in [0.5, 0.6) is 5.75 Å². The number of hydrogen-bond donors (Lipinski definition) is 0. The largest absolute Gasteiger partial charge is 0.497 e. The monoisotopic (exact) mass is 312 g/mol. The first-order valence-corrected chi connectivity index (χ1v) is 8.67. The summed E-state index contributed by atoms with van der Waals surface area (Å²) in [6.45, 7) is 0.344. The molecule has 0 amide bonds. The van der Waals surface area contributed by atoms with Gasteiger partial charge in [0.2, 0.25) is 0 Å².